The fraction of sp³-hybridized carbons (Fsp3) is 0.583. The highest BCUT2D eigenvalue weighted by atomic mass is 19.4. The number of hydrogen-bond donors (Lipinski definition) is 1. The number of amides is 1. The molecule has 34 heavy (non-hydrogen) atoms. The van der Waals surface area contributed by atoms with Crippen LogP contribution < -0.4 is 10.1 Å². The van der Waals surface area contributed by atoms with Crippen LogP contribution in [0.15, 0.2) is 24.3 Å². The number of hydrogen-bond acceptors (Lipinski definition) is 5. The summed E-state index contributed by atoms with van der Waals surface area (Å²) in [5, 5.41) is 8.21. The molecule has 0 radical (unpaired) electrons. The van der Waals surface area contributed by atoms with Crippen molar-refractivity contribution >= 4 is 5.91 Å². The van der Waals surface area contributed by atoms with Gasteiger partial charge in [0.05, 0.1) is 0 Å². The lowest BCUT2D eigenvalue weighted by Gasteiger charge is -2.25. The molecule has 2 aliphatic rings. The third kappa shape index (κ3) is 5.90. The standard InChI is InChI=1S/C24H32F3N5O2/c1-3-32-21-10-7-18(28-16-17-5-8-19(9-6-17)34-24(25,26)27)15-20(21)22(29-32)23(33)31-12-4-11-30(2)13-14-31/h5-6,8-9,18,28H,3-4,7,10-16H2,1-2H3/t18-/m0/s1. The molecular formula is C24H32F3N5O2. The summed E-state index contributed by atoms with van der Waals surface area (Å²) < 4.78 is 43.0. The fourth-order valence-electron chi connectivity index (χ4n) is 4.77. The highest BCUT2D eigenvalue weighted by Gasteiger charge is 2.32. The Morgan fingerprint density at radius 2 is 1.94 bits per heavy atom. The van der Waals surface area contributed by atoms with Gasteiger partial charge < -0.3 is 19.9 Å². The Bertz CT molecular complexity index is 990. The minimum absolute atomic E-state index is 0.0136. The van der Waals surface area contributed by atoms with Gasteiger partial charge in [0.25, 0.3) is 5.91 Å². The van der Waals surface area contributed by atoms with Crippen LogP contribution in [0.25, 0.3) is 0 Å². The first-order valence-electron chi connectivity index (χ1n) is 11.9. The number of aromatic nitrogens is 2. The van der Waals surface area contributed by atoms with Gasteiger partial charge >= 0.3 is 6.36 Å². The number of benzene rings is 1. The number of carbonyl (C=O) groups is 1. The van der Waals surface area contributed by atoms with Gasteiger partial charge in [-0.3, -0.25) is 9.48 Å². The summed E-state index contributed by atoms with van der Waals surface area (Å²) in [6, 6.07) is 6.06. The third-order valence-corrected chi connectivity index (χ3v) is 6.61. The summed E-state index contributed by atoms with van der Waals surface area (Å²) in [6.07, 6.45) is -1.28. The number of alkyl halides is 3. The Morgan fingerprint density at radius 3 is 2.65 bits per heavy atom. The van der Waals surface area contributed by atoms with E-state index in [-0.39, 0.29) is 17.7 Å². The number of nitrogens with zero attached hydrogens (tertiary/aromatic N) is 4. The number of rotatable bonds is 6. The van der Waals surface area contributed by atoms with Crippen LogP contribution in [0.2, 0.25) is 0 Å². The first kappa shape index (κ1) is 24.5. The molecule has 1 amide bonds. The number of aryl methyl sites for hydroxylation is 1. The van der Waals surface area contributed by atoms with Gasteiger partial charge in [-0.1, -0.05) is 12.1 Å². The Labute approximate surface area is 197 Å². The van der Waals surface area contributed by atoms with Crippen molar-refractivity contribution in [2.24, 2.45) is 0 Å². The summed E-state index contributed by atoms with van der Waals surface area (Å²) in [5.74, 6) is -0.215. The molecular weight excluding hydrogens is 447 g/mol. The monoisotopic (exact) mass is 479 g/mol. The summed E-state index contributed by atoms with van der Waals surface area (Å²) in [5.41, 5.74) is 3.61. The van der Waals surface area contributed by atoms with E-state index in [9.17, 15) is 18.0 Å². The molecule has 1 N–H and O–H groups in total. The quantitative estimate of drug-likeness (QED) is 0.690. The van der Waals surface area contributed by atoms with E-state index >= 15 is 0 Å². The Kier molecular flexibility index (Phi) is 7.47. The Morgan fingerprint density at radius 1 is 1.18 bits per heavy atom. The number of carbonyl (C=O) groups excluding carboxylic acids is 1. The molecule has 7 nitrogen and oxygen atoms in total. The van der Waals surface area contributed by atoms with Gasteiger partial charge in [0.15, 0.2) is 5.69 Å². The number of halogens is 3. The van der Waals surface area contributed by atoms with Crippen molar-refractivity contribution in [1.82, 2.24) is 24.9 Å². The molecule has 1 fully saturated rings. The van der Waals surface area contributed by atoms with E-state index in [1.807, 2.05) is 16.5 Å². The minimum Gasteiger partial charge on any atom is -0.406 e. The number of nitrogens with one attached hydrogen (secondary N) is 1. The average molecular weight is 480 g/mol. The largest absolute Gasteiger partial charge is 0.573 e. The highest BCUT2D eigenvalue weighted by molar-refractivity contribution is 5.94. The van der Waals surface area contributed by atoms with E-state index in [1.165, 1.54) is 12.1 Å². The van der Waals surface area contributed by atoms with Gasteiger partial charge in [0.1, 0.15) is 5.75 Å². The van der Waals surface area contributed by atoms with Gasteiger partial charge in [0, 0.05) is 50.0 Å². The van der Waals surface area contributed by atoms with Crippen molar-refractivity contribution in [3.05, 3.63) is 46.8 Å². The van der Waals surface area contributed by atoms with Gasteiger partial charge in [0.2, 0.25) is 0 Å². The topological polar surface area (TPSA) is 62.6 Å². The SMILES string of the molecule is CCn1nc(C(=O)N2CCCN(C)CC2)c2c1CC[C@H](NCc1ccc(OC(F)(F)F)cc1)C2. The van der Waals surface area contributed by atoms with Gasteiger partial charge in [-0.25, -0.2) is 0 Å². The Hall–Kier alpha value is -2.59. The molecule has 1 aromatic carbocycles. The minimum atomic E-state index is -4.69. The van der Waals surface area contributed by atoms with Crippen LogP contribution in [0, 0.1) is 0 Å². The predicted molar refractivity (Wildman–Crippen MR) is 122 cm³/mol. The van der Waals surface area contributed by atoms with Crippen molar-refractivity contribution in [2.45, 2.75) is 58.1 Å². The first-order valence-corrected chi connectivity index (χ1v) is 11.9. The zero-order valence-corrected chi connectivity index (χ0v) is 19.7. The van der Waals surface area contributed by atoms with Crippen LogP contribution in [0.3, 0.4) is 0 Å². The fourth-order valence-corrected chi connectivity index (χ4v) is 4.77. The molecule has 1 aliphatic heterocycles. The van der Waals surface area contributed by atoms with Crippen LogP contribution in [-0.4, -0.2) is 71.1 Å². The van der Waals surface area contributed by atoms with Gasteiger partial charge in [-0.2, -0.15) is 5.10 Å². The molecule has 4 rings (SSSR count). The number of likely N-dealkylation sites (N-methyl/N-ethyl adjacent to an activating group) is 1. The van der Waals surface area contributed by atoms with E-state index in [0.29, 0.717) is 25.2 Å². The summed E-state index contributed by atoms with van der Waals surface area (Å²) in [4.78, 5) is 17.6. The molecule has 1 aliphatic carbocycles. The maximum absolute atomic E-state index is 13.4. The second-order valence-electron chi connectivity index (χ2n) is 9.05. The number of ether oxygens (including phenoxy) is 1. The summed E-state index contributed by atoms with van der Waals surface area (Å²) in [7, 11) is 2.08. The van der Waals surface area contributed by atoms with E-state index in [2.05, 4.69) is 22.0 Å². The van der Waals surface area contributed by atoms with Crippen molar-refractivity contribution < 1.29 is 22.7 Å². The molecule has 0 spiro atoms. The van der Waals surface area contributed by atoms with Crippen molar-refractivity contribution in [3.8, 4) is 5.75 Å². The van der Waals surface area contributed by atoms with Crippen molar-refractivity contribution in [1.29, 1.82) is 0 Å². The van der Waals surface area contributed by atoms with E-state index in [4.69, 9.17) is 5.10 Å². The van der Waals surface area contributed by atoms with Crippen molar-refractivity contribution in [3.63, 3.8) is 0 Å². The van der Waals surface area contributed by atoms with Crippen LogP contribution in [0.4, 0.5) is 13.2 Å². The summed E-state index contributed by atoms with van der Waals surface area (Å²) in [6.45, 7) is 6.59. The maximum Gasteiger partial charge on any atom is 0.573 e. The highest BCUT2D eigenvalue weighted by Crippen LogP contribution is 2.27. The maximum atomic E-state index is 13.4. The second kappa shape index (κ2) is 10.4. The number of fused-ring (bicyclic) bond motifs is 1. The normalized spacial score (nSPS) is 19.6. The molecule has 2 heterocycles. The van der Waals surface area contributed by atoms with E-state index < -0.39 is 6.36 Å². The van der Waals surface area contributed by atoms with Crippen LogP contribution in [0.1, 0.15) is 47.1 Å². The molecule has 2 aromatic rings. The molecule has 1 saturated heterocycles. The lowest BCUT2D eigenvalue weighted by atomic mass is 9.91. The lowest BCUT2D eigenvalue weighted by molar-refractivity contribution is -0.274. The zero-order valence-electron chi connectivity index (χ0n) is 19.7. The smallest absolute Gasteiger partial charge is 0.406 e. The molecule has 0 unspecified atom stereocenters. The molecule has 10 heteroatoms. The predicted octanol–water partition coefficient (Wildman–Crippen LogP) is 3.23. The Balaban J connectivity index is 1.42. The van der Waals surface area contributed by atoms with Crippen LogP contribution in [-0.2, 0) is 25.9 Å². The van der Waals surface area contributed by atoms with Gasteiger partial charge in [-0.05, 0) is 63.9 Å². The van der Waals surface area contributed by atoms with Crippen LogP contribution >= 0.6 is 0 Å². The average Bonchev–Trinajstić information content (AvgIpc) is 3.02. The second-order valence-corrected chi connectivity index (χ2v) is 9.05. The molecule has 1 atom stereocenters. The molecule has 186 valence electrons. The summed E-state index contributed by atoms with van der Waals surface area (Å²) >= 11 is 0. The van der Waals surface area contributed by atoms with Crippen molar-refractivity contribution in [2.75, 3.05) is 33.2 Å². The first-order chi connectivity index (χ1) is 16.2. The van der Waals surface area contributed by atoms with Crippen LogP contribution in [0.5, 0.6) is 5.75 Å². The molecule has 1 aromatic heterocycles. The third-order valence-electron chi connectivity index (χ3n) is 6.61. The van der Waals surface area contributed by atoms with E-state index in [1.54, 1.807) is 12.1 Å². The van der Waals surface area contributed by atoms with Gasteiger partial charge in [-0.15, -0.1) is 13.2 Å². The molecule has 0 saturated carbocycles. The zero-order chi connectivity index (χ0) is 24.3. The molecule has 0 bridgehead atoms. The lowest BCUT2D eigenvalue weighted by Crippen LogP contribution is -2.37. The van der Waals surface area contributed by atoms with E-state index in [0.717, 1.165) is 62.3 Å².